The fourth-order valence-electron chi connectivity index (χ4n) is 5.63. The van der Waals surface area contributed by atoms with Gasteiger partial charge in [0.1, 0.15) is 0 Å². The predicted octanol–water partition coefficient (Wildman–Crippen LogP) is 5.45. The summed E-state index contributed by atoms with van der Waals surface area (Å²) in [5.74, 6) is 2.81. The third kappa shape index (κ3) is 6.37. The zero-order valence-corrected chi connectivity index (χ0v) is 19.9. The van der Waals surface area contributed by atoms with E-state index in [1.54, 1.807) is 0 Å². The molecule has 0 spiro atoms. The molecule has 0 bridgehead atoms. The van der Waals surface area contributed by atoms with Gasteiger partial charge in [-0.3, -0.25) is 4.99 Å². The molecule has 0 unspecified atom stereocenters. The van der Waals surface area contributed by atoms with Gasteiger partial charge >= 0.3 is 6.03 Å². The van der Waals surface area contributed by atoms with E-state index in [9.17, 15) is 4.79 Å². The van der Waals surface area contributed by atoms with E-state index >= 15 is 0 Å². The molecule has 1 saturated heterocycles. The number of aliphatic imine (C=N–C) groups is 1. The number of hydrogen-bond donors (Lipinski definition) is 1. The van der Waals surface area contributed by atoms with E-state index in [0.717, 1.165) is 51.4 Å². The number of amidine groups is 1. The smallest absolute Gasteiger partial charge is 0.320 e. The van der Waals surface area contributed by atoms with Gasteiger partial charge in [-0.15, -0.1) is 0 Å². The Labute approximate surface area is 185 Å². The van der Waals surface area contributed by atoms with Crippen LogP contribution in [0, 0.1) is 11.8 Å². The van der Waals surface area contributed by atoms with Crippen LogP contribution < -0.4 is 5.32 Å². The molecule has 3 aliphatic rings. The van der Waals surface area contributed by atoms with E-state index in [4.69, 9.17) is 4.99 Å². The van der Waals surface area contributed by atoms with E-state index in [1.807, 2.05) is 0 Å². The molecule has 2 amide bonds. The summed E-state index contributed by atoms with van der Waals surface area (Å²) in [5.41, 5.74) is 0. The van der Waals surface area contributed by atoms with Crippen molar-refractivity contribution in [2.45, 2.75) is 110 Å². The van der Waals surface area contributed by atoms with Gasteiger partial charge in [0, 0.05) is 32.1 Å². The van der Waals surface area contributed by atoms with Gasteiger partial charge in [0.05, 0.1) is 18.4 Å². The molecule has 5 heteroatoms. The first-order valence-electron chi connectivity index (χ1n) is 13.0. The van der Waals surface area contributed by atoms with Gasteiger partial charge in [-0.25, -0.2) is 4.79 Å². The number of carbonyl (C=O) groups is 1. The van der Waals surface area contributed by atoms with Crippen LogP contribution >= 0.6 is 0 Å². The third-order valence-electron chi connectivity index (χ3n) is 7.82. The number of amides is 2. The molecule has 1 saturated carbocycles. The van der Waals surface area contributed by atoms with E-state index in [2.05, 4.69) is 35.9 Å². The zero-order chi connectivity index (χ0) is 21.3. The summed E-state index contributed by atoms with van der Waals surface area (Å²) in [7, 11) is 0. The van der Waals surface area contributed by atoms with Crippen LogP contribution in [-0.4, -0.2) is 59.9 Å². The molecule has 0 aromatic rings. The lowest BCUT2D eigenvalue weighted by Crippen LogP contribution is -2.38. The molecule has 30 heavy (non-hydrogen) atoms. The van der Waals surface area contributed by atoms with Gasteiger partial charge in [0.25, 0.3) is 0 Å². The number of rotatable bonds is 12. The van der Waals surface area contributed by atoms with Crippen molar-refractivity contribution in [3.05, 3.63) is 0 Å². The number of unbranched alkanes of at least 4 members (excludes halogenated alkanes) is 1. The number of nitrogens with zero attached hydrogens (tertiary/aromatic N) is 3. The molecule has 3 atom stereocenters. The van der Waals surface area contributed by atoms with Gasteiger partial charge in [-0.05, 0) is 44.4 Å². The Morgan fingerprint density at radius 3 is 2.63 bits per heavy atom. The summed E-state index contributed by atoms with van der Waals surface area (Å²) in [6, 6.07) is 1.17. The number of likely N-dealkylation sites (N-methyl/N-ethyl adjacent to an activating group) is 1. The molecule has 2 aliphatic heterocycles. The second-order valence-electron chi connectivity index (χ2n) is 9.99. The highest BCUT2D eigenvalue weighted by Gasteiger charge is 2.37. The Bertz CT molecular complexity index is 557. The number of hydrogen-bond acceptors (Lipinski definition) is 3. The summed E-state index contributed by atoms with van der Waals surface area (Å²) in [6.45, 7) is 10.2. The molecular formula is C25H46N4O. The molecule has 5 nitrogen and oxygen atoms in total. The van der Waals surface area contributed by atoms with Crippen molar-refractivity contribution in [2.24, 2.45) is 16.8 Å². The normalized spacial score (nSPS) is 26.2. The van der Waals surface area contributed by atoms with Gasteiger partial charge < -0.3 is 15.1 Å². The molecule has 2 fully saturated rings. The highest BCUT2D eigenvalue weighted by Crippen LogP contribution is 2.28. The van der Waals surface area contributed by atoms with Crippen LogP contribution in [0.25, 0.3) is 0 Å². The summed E-state index contributed by atoms with van der Waals surface area (Å²) in [4.78, 5) is 21.6. The molecule has 0 aromatic carbocycles. The fraction of sp³-hybridized carbons (Fsp3) is 0.920. The highest BCUT2D eigenvalue weighted by molar-refractivity contribution is 5.84. The molecule has 3 rings (SSSR count). The van der Waals surface area contributed by atoms with Crippen molar-refractivity contribution in [1.29, 1.82) is 0 Å². The SMILES string of the molecule is CC[C@@H](C)[C@@H]1CN(CCCC[C@H]2CN=C(CCCC3CCCCC3)N2)C(=O)N1CC. The second kappa shape index (κ2) is 12.0. The minimum Gasteiger partial charge on any atom is -0.369 e. The predicted molar refractivity (Wildman–Crippen MR) is 126 cm³/mol. The van der Waals surface area contributed by atoms with E-state index < -0.39 is 0 Å². The molecule has 172 valence electrons. The molecular weight excluding hydrogens is 372 g/mol. The first-order chi connectivity index (χ1) is 14.6. The zero-order valence-electron chi connectivity index (χ0n) is 19.9. The Hall–Kier alpha value is -1.26. The highest BCUT2D eigenvalue weighted by atomic mass is 16.2. The van der Waals surface area contributed by atoms with Gasteiger partial charge in [-0.1, -0.05) is 58.8 Å². The van der Waals surface area contributed by atoms with Crippen molar-refractivity contribution in [3.8, 4) is 0 Å². The molecule has 1 aliphatic carbocycles. The Morgan fingerprint density at radius 1 is 1.10 bits per heavy atom. The Morgan fingerprint density at radius 2 is 1.90 bits per heavy atom. The first kappa shape index (κ1) is 23.4. The van der Waals surface area contributed by atoms with Crippen LogP contribution in [0.1, 0.15) is 97.8 Å². The average molecular weight is 419 g/mol. The van der Waals surface area contributed by atoms with Crippen LogP contribution in [0.4, 0.5) is 4.79 Å². The number of nitrogens with one attached hydrogen (secondary N) is 1. The average Bonchev–Trinajstić information content (AvgIpc) is 3.35. The van der Waals surface area contributed by atoms with Gasteiger partial charge in [0.2, 0.25) is 0 Å². The van der Waals surface area contributed by atoms with Crippen molar-refractivity contribution >= 4 is 11.9 Å². The van der Waals surface area contributed by atoms with Gasteiger partial charge in [0.15, 0.2) is 0 Å². The number of urea groups is 1. The van der Waals surface area contributed by atoms with Gasteiger partial charge in [-0.2, -0.15) is 0 Å². The van der Waals surface area contributed by atoms with Crippen LogP contribution in [0.5, 0.6) is 0 Å². The maximum absolute atomic E-state index is 12.7. The van der Waals surface area contributed by atoms with Crippen LogP contribution in [0.15, 0.2) is 4.99 Å². The molecule has 0 aromatic heterocycles. The molecule has 2 heterocycles. The minimum absolute atomic E-state index is 0.255. The topological polar surface area (TPSA) is 47.9 Å². The van der Waals surface area contributed by atoms with Crippen molar-refractivity contribution in [1.82, 2.24) is 15.1 Å². The van der Waals surface area contributed by atoms with E-state index in [-0.39, 0.29) is 6.03 Å². The Balaban J connectivity index is 1.27. The maximum atomic E-state index is 12.7. The number of carbonyl (C=O) groups excluding carboxylic acids is 1. The maximum Gasteiger partial charge on any atom is 0.320 e. The van der Waals surface area contributed by atoms with Crippen LogP contribution in [0.3, 0.4) is 0 Å². The molecule has 1 N–H and O–H groups in total. The fourth-order valence-corrected chi connectivity index (χ4v) is 5.63. The lowest BCUT2D eigenvalue weighted by Gasteiger charge is -2.25. The van der Waals surface area contributed by atoms with Crippen LogP contribution in [0.2, 0.25) is 0 Å². The molecule has 0 radical (unpaired) electrons. The van der Waals surface area contributed by atoms with Crippen molar-refractivity contribution < 1.29 is 4.79 Å². The quantitative estimate of drug-likeness (QED) is 0.428. The lowest BCUT2D eigenvalue weighted by atomic mass is 9.86. The third-order valence-corrected chi connectivity index (χ3v) is 7.82. The van der Waals surface area contributed by atoms with Crippen molar-refractivity contribution in [3.63, 3.8) is 0 Å². The van der Waals surface area contributed by atoms with Crippen LogP contribution in [-0.2, 0) is 0 Å². The minimum atomic E-state index is 0.255. The summed E-state index contributed by atoms with van der Waals surface area (Å²) >= 11 is 0. The monoisotopic (exact) mass is 418 g/mol. The van der Waals surface area contributed by atoms with E-state index in [1.165, 1.54) is 63.6 Å². The summed E-state index contributed by atoms with van der Waals surface area (Å²) in [5, 5.41) is 3.67. The Kier molecular flexibility index (Phi) is 9.32. The van der Waals surface area contributed by atoms with E-state index in [0.29, 0.717) is 18.0 Å². The second-order valence-corrected chi connectivity index (χ2v) is 9.99. The standard InChI is InChI=1S/C25H46N4O/c1-4-20(3)23-19-28(25(30)29(23)5-2)17-10-9-15-22-18-26-24(27-22)16-11-14-21-12-7-6-8-13-21/h20-23H,4-19H2,1-3H3,(H,26,27)/t20-,22+,23+/m1/s1. The first-order valence-corrected chi connectivity index (χ1v) is 13.0. The summed E-state index contributed by atoms with van der Waals surface area (Å²) in [6.07, 6.45) is 15.7. The lowest BCUT2D eigenvalue weighted by molar-refractivity contribution is 0.180. The largest absolute Gasteiger partial charge is 0.369 e. The summed E-state index contributed by atoms with van der Waals surface area (Å²) < 4.78 is 0. The van der Waals surface area contributed by atoms with Crippen molar-refractivity contribution in [2.75, 3.05) is 26.2 Å².